The molecule has 0 amide bonds. The minimum atomic E-state index is -0.221. The van der Waals surface area contributed by atoms with Gasteiger partial charge in [0.2, 0.25) is 5.16 Å². The van der Waals surface area contributed by atoms with Crippen molar-refractivity contribution in [1.29, 1.82) is 0 Å². The maximum Gasteiger partial charge on any atom is 0.210 e. The molecule has 7 nitrogen and oxygen atoms in total. The monoisotopic (exact) mass is 435 g/mol. The molecule has 0 saturated heterocycles. The maximum absolute atomic E-state index is 12.8. The second-order valence-corrected chi connectivity index (χ2v) is 8.90. The molecule has 0 atom stereocenters. The third kappa shape index (κ3) is 4.20. The molecule has 1 aliphatic rings. The summed E-state index contributed by atoms with van der Waals surface area (Å²) in [7, 11) is 3.65. The molecular formula is C23H25N5O2S. The number of tetrazole rings is 1. The summed E-state index contributed by atoms with van der Waals surface area (Å²) in [5.74, 6) is 1.11. The number of ketones is 1. The van der Waals surface area contributed by atoms with Crippen LogP contribution in [0.15, 0.2) is 65.5 Å². The Morgan fingerprint density at radius 1 is 1.16 bits per heavy atom. The third-order valence-corrected chi connectivity index (χ3v) is 6.55. The number of carbonyl (C=O) groups is 1. The predicted octanol–water partition coefficient (Wildman–Crippen LogP) is 3.70. The van der Waals surface area contributed by atoms with Crippen molar-refractivity contribution in [2.24, 2.45) is 0 Å². The molecule has 1 aromatic heterocycles. The number of aromatic nitrogens is 4. The number of allylic oxidation sites excluding steroid dienone is 2. The van der Waals surface area contributed by atoms with Crippen LogP contribution in [0.25, 0.3) is 0 Å². The van der Waals surface area contributed by atoms with Crippen molar-refractivity contribution < 1.29 is 9.53 Å². The summed E-state index contributed by atoms with van der Waals surface area (Å²) in [6.07, 6.45) is 1.75. The highest BCUT2D eigenvalue weighted by atomic mass is 32.2. The highest BCUT2D eigenvalue weighted by Gasteiger charge is 2.38. The largest absolute Gasteiger partial charge is 0.497 e. The fourth-order valence-electron chi connectivity index (χ4n) is 3.89. The van der Waals surface area contributed by atoms with Gasteiger partial charge in [0.1, 0.15) is 5.75 Å². The Hall–Kier alpha value is -3.13. The number of para-hydroxylation sites is 1. The molecule has 2 aromatic carbocycles. The van der Waals surface area contributed by atoms with E-state index < -0.39 is 0 Å². The second-order valence-electron chi connectivity index (χ2n) is 7.95. The smallest absolute Gasteiger partial charge is 0.210 e. The Morgan fingerprint density at radius 3 is 2.61 bits per heavy atom. The maximum atomic E-state index is 12.8. The van der Waals surface area contributed by atoms with E-state index in [4.69, 9.17) is 4.74 Å². The van der Waals surface area contributed by atoms with Gasteiger partial charge >= 0.3 is 0 Å². The van der Waals surface area contributed by atoms with Crippen LogP contribution in [0.2, 0.25) is 0 Å². The molecule has 160 valence electrons. The Morgan fingerprint density at radius 2 is 1.90 bits per heavy atom. The molecule has 2 heterocycles. The molecule has 0 spiro atoms. The van der Waals surface area contributed by atoms with E-state index in [1.807, 2.05) is 43.4 Å². The van der Waals surface area contributed by atoms with E-state index in [-0.39, 0.29) is 17.0 Å². The first kappa shape index (κ1) is 21.1. The standard InChI is InChI=1S/C23H25N5O2S/c1-23(2)19-7-5-6-8-20(19)27(3)21(23)13-17(29)15-31-22-24-25-26-28(22)14-16-9-11-18(30-4)12-10-16/h5-13H,14-15H2,1-4H3/b21-13+. The number of ether oxygens (including phenoxy) is 1. The van der Waals surface area contributed by atoms with Gasteiger partial charge in [-0.2, -0.15) is 0 Å². The summed E-state index contributed by atoms with van der Waals surface area (Å²) in [6.45, 7) is 4.83. The molecule has 3 aromatic rings. The zero-order valence-electron chi connectivity index (χ0n) is 18.1. The first-order valence-corrected chi connectivity index (χ1v) is 11.0. The minimum Gasteiger partial charge on any atom is -0.497 e. The first-order valence-electron chi connectivity index (χ1n) is 10.0. The third-order valence-electron chi connectivity index (χ3n) is 5.57. The normalized spacial score (nSPS) is 15.9. The molecule has 0 fully saturated rings. The summed E-state index contributed by atoms with van der Waals surface area (Å²) in [5.41, 5.74) is 4.20. The van der Waals surface area contributed by atoms with E-state index in [0.29, 0.717) is 11.7 Å². The molecule has 0 N–H and O–H groups in total. The van der Waals surface area contributed by atoms with Crippen LogP contribution in [0.4, 0.5) is 5.69 Å². The summed E-state index contributed by atoms with van der Waals surface area (Å²) in [6, 6.07) is 16.0. The van der Waals surface area contributed by atoms with E-state index in [0.717, 1.165) is 22.7 Å². The molecule has 31 heavy (non-hydrogen) atoms. The van der Waals surface area contributed by atoms with Gasteiger partial charge in [0, 0.05) is 29.9 Å². The lowest BCUT2D eigenvalue weighted by molar-refractivity contribution is -0.112. The lowest BCUT2D eigenvalue weighted by Gasteiger charge is -2.23. The van der Waals surface area contributed by atoms with Crippen molar-refractivity contribution in [3.63, 3.8) is 0 Å². The Balaban J connectivity index is 1.44. The van der Waals surface area contributed by atoms with Gasteiger partial charge in [-0.25, -0.2) is 4.68 Å². The number of carbonyl (C=O) groups excluding carboxylic acids is 1. The van der Waals surface area contributed by atoms with Gasteiger partial charge < -0.3 is 9.64 Å². The number of anilines is 1. The van der Waals surface area contributed by atoms with Crippen LogP contribution in [0.3, 0.4) is 0 Å². The SMILES string of the molecule is COc1ccc(Cn2nnnc2SCC(=O)/C=C2/N(C)c3ccccc3C2(C)C)cc1. The van der Waals surface area contributed by atoms with Crippen LogP contribution in [-0.4, -0.2) is 45.9 Å². The number of fused-ring (bicyclic) bond motifs is 1. The number of thioether (sulfide) groups is 1. The van der Waals surface area contributed by atoms with Crippen molar-refractivity contribution in [3.05, 3.63) is 71.4 Å². The van der Waals surface area contributed by atoms with Crippen molar-refractivity contribution >= 4 is 23.2 Å². The summed E-state index contributed by atoms with van der Waals surface area (Å²) < 4.78 is 6.90. The Kier molecular flexibility index (Phi) is 5.82. The van der Waals surface area contributed by atoms with E-state index in [1.54, 1.807) is 17.9 Å². The molecule has 0 aliphatic carbocycles. The molecule has 0 saturated carbocycles. The second kappa shape index (κ2) is 8.55. The number of hydrogen-bond donors (Lipinski definition) is 0. The van der Waals surface area contributed by atoms with Gasteiger partial charge in [-0.1, -0.05) is 55.9 Å². The Bertz CT molecular complexity index is 1120. The zero-order valence-corrected chi connectivity index (χ0v) is 18.9. The van der Waals surface area contributed by atoms with Gasteiger partial charge in [0.05, 0.1) is 19.4 Å². The molecule has 0 radical (unpaired) electrons. The highest BCUT2D eigenvalue weighted by molar-refractivity contribution is 7.99. The van der Waals surface area contributed by atoms with Crippen molar-refractivity contribution in [2.45, 2.75) is 31.0 Å². The van der Waals surface area contributed by atoms with Gasteiger partial charge in [-0.05, 0) is 39.8 Å². The number of methoxy groups -OCH3 is 1. The number of benzene rings is 2. The fraction of sp³-hybridized carbons (Fsp3) is 0.304. The number of hydrogen-bond acceptors (Lipinski definition) is 7. The lowest BCUT2D eigenvalue weighted by Crippen LogP contribution is -2.24. The average Bonchev–Trinajstić information content (AvgIpc) is 3.29. The van der Waals surface area contributed by atoms with E-state index in [1.165, 1.54) is 17.3 Å². The van der Waals surface area contributed by atoms with Crippen LogP contribution < -0.4 is 9.64 Å². The topological polar surface area (TPSA) is 73.1 Å². The highest BCUT2D eigenvalue weighted by Crippen LogP contribution is 2.46. The van der Waals surface area contributed by atoms with Crippen molar-refractivity contribution in [2.75, 3.05) is 24.8 Å². The quantitative estimate of drug-likeness (QED) is 0.414. The van der Waals surface area contributed by atoms with Gasteiger partial charge in [-0.3, -0.25) is 4.79 Å². The van der Waals surface area contributed by atoms with Gasteiger partial charge in [-0.15, -0.1) is 5.10 Å². The molecule has 8 heteroatoms. The number of likely N-dealkylation sites (N-methyl/N-ethyl adjacent to an activating group) is 1. The van der Waals surface area contributed by atoms with Crippen molar-refractivity contribution in [1.82, 2.24) is 20.2 Å². The summed E-state index contributed by atoms with van der Waals surface area (Å²) in [4.78, 5) is 14.9. The molecular weight excluding hydrogens is 410 g/mol. The average molecular weight is 436 g/mol. The van der Waals surface area contributed by atoms with Gasteiger partial charge in [0.25, 0.3) is 0 Å². The van der Waals surface area contributed by atoms with Crippen LogP contribution in [-0.2, 0) is 16.8 Å². The lowest BCUT2D eigenvalue weighted by atomic mass is 9.83. The first-order chi connectivity index (χ1) is 14.9. The van der Waals surface area contributed by atoms with Crippen LogP contribution in [0.5, 0.6) is 5.75 Å². The van der Waals surface area contributed by atoms with E-state index in [9.17, 15) is 4.79 Å². The fourth-order valence-corrected chi connectivity index (χ4v) is 4.59. The zero-order chi connectivity index (χ0) is 22.0. The van der Waals surface area contributed by atoms with E-state index in [2.05, 4.69) is 46.4 Å². The summed E-state index contributed by atoms with van der Waals surface area (Å²) >= 11 is 1.35. The predicted molar refractivity (Wildman–Crippen MR) is 122 cm³/mol. The molecule has 0 unspecified atom stereocenters. The van der Waals surface area contributed by atoms with Crippen LogP contribution in [0, 0.1) is 0 Å². The van der Waals surface area contributed by atoms with Crippen LogP contribution >= 0.6 is 11.8 Å². The van der Waals surface area contributed by atoms with Crippen molar-refractivity contribution in [3.8, 4) is 5.75 Å². The minimum absolute atomic E-state index is 0.0340. The number of rotatable bonds is 7. The molecule has 1 aliphatic heterocycles. The Labute approximate surface area is 186 Å². The summed E-state index contributed by atoms with van der Waals surface area (Å²) in [5, 5.41) is 12.5. The van der Waals surface area contributed by atoms with E-state index >= 15 is 0 Å². The molecule has 0 bridgehead atoms. The number of nitrogens with zero attached hydrogens (tertiary/aromatic N) is 5. The van der Waals surface area contributed by atoms with Gasteiger partial charge in [0.15, 0.2) is 5.78 Å². The van der Waals surface area contributed by atoms with Crippen LogP contribution in [0.1, 0.15) is 25.0 Å². The molecule has 4 rings (SSSR count).